The third kappa shape index (κ3) is 3.34. The van der Waals surface area contributed by atoms with Gasteiger partial charge in [-0.1, -0.05) is 12.2 Å². The molecule has 1 fully saturated rings. The quantitative estimate of drug-likeness (QED) is 0.631. The molecule has 0 aliphatic carbocycles. The molecule has 2 aliphatic rings. The summed E-state index contributed by atoms with van der Waals surface area (Å²) in [5.74, 6) is 0.950. The van der Waals surface area contributed by atoms with E-state index in [1.807, 2.05) is 13.0 Å². The van der Waals surface area contributed by atoms with Gasteiger partial charge in [-0.3, -0.25) is 0 Å². The van der Waals surface area contributed by atoms with E-state index in [9.17, 15) is 0 Å². The van der Waals surface area contributed by atoms with E-state index in [1.165, 1.54) is 5.57 Å². The van der Waals surface area contributed by atoms with Gasteiger partial charge in [0.15, 0.2) is 0 Å². The van der Waals surface area contributed by atoms with Crippen molar-refractivity contribution < 1.29 is 4.74 Å². The number of rotatable bonds is 4. The first kappa shape index (κ1) is 13.1. The van der Waals surface area contributed by atoms with Crippen molar-refractivity contribution in [3.8, 4) is 0 Å². The van der Waals surface area contributed by atoms with Crippen molar-refractivity contribution in [1.82, 2.24) is 16.0 Å². The summed E-state index contributed by atoms with van der Waals surface area (Å²) in [6.07, 6.45) is 6.15. The topological polar surface area (TPSA) is 57.7 Å². The first-order valence-corrected chi connectivity index (χ1v) is 6.49. The van der Waals surface area contributed by atoms with Gasteiger partial charge < -0.3 is 20.7 Å². The van der Waals surface area contributed by atoms with Crippen LogP contribution in [-0.4, -0.2) is 44.7 Å². The van der Waals surface area contributed by atoms with Gasteiger partial charge in [0.1, 0.15) is 5.82 Å². The van der Waals surface area contributed by atoms with E-state index < -0.39 is 0 Å². The van der Waals surface area contributed by atoms with Crippen LogP contribution in [0.15, 0.2) is 28.5 Å². The molecule has 3 N–H and O–H groups in total. The van der Waals surface area contributed by atoms with Crippen LogP contribution < -0.4 is 16.0 Å². The molecule has 0 spiro atoms. The molecule has 18 heavy (non-hydrogen) atoms. The highest BCUT2D eigenvalue weighted by Crippen LogP contribution is 2.12. The van der Waals surface area contributed by atoms with E-state index in [4.69, 9.17) is 4.74 Å². The molecule has 2 rings (SSSR count). The fraction of sp³-hybridized carbons (Fsp3) is 0.615. The van der Waals surface area contributed by atoms with Crippen LogP contribution in [0, 0.1) is 0 Å². The van der Waals surface area contributed by atoms with Gasteiger partial charge in [0, 0.05) is 19.6 Å². The Labute approximate surface area is 108 Å². The first-order chi connectivity index (χ1) is 8.81. The zero-order chi connectivity index (χ0) is 12.8. The second-order valence-electron chi connectivity index (χ2n) is 4.54. The smallest absolute Gasteiger partial charge is 0.129 e. The maximum absolute atomic E-state index is 5.65. The second-order valence-corrected chi connectivity index (χ2v) is 4.54. The zero-order valence-electron chi connectivity index (χ0n) is 11.1. The van der Waals surface area contributed by atoms with E-state index in [0.29, 0.717) is 0 Å². The summed E-state index contributed by atoms with van der Waals surface area (Å²) in [7, 11) is 0. The summed E-state index contributed by atoms with van der Waals surface area (Å²) in [6, 6.07) is 0.236. The number of ether oxygens (including phenoxy) is 1. The molecule has 2 atom stereocenters. The highest BCUT2D eigenvalue weighted by atomic mass is 16.5. The van der Waals surface area contributed by atoms with E-state index >= 15 is 0 Å². The maximum atomic E-state index is 5.65. The van der Waals surface area contributed by atoms with E-state index in [-0.39, 0.29) is 12.1 Å². The van der Waals surface area contributed by atoms with Crippen molar-refractivity contribution in [2.24, 2.45) is 4.99 Å². The number of allylic oxidation sites excluding steroid dienone is 1. The molecule has 5 nitrogen and oxygen atoms in total. The second kappa shape index (κ2) is 6.56. The van der Waals surface area contributed by atoms with Gasteiger partial charge in [0.2, 0.25) is 0 Å². The molecule has 0 aromatic rings. The average molecular weight is 250 g/mol. The number of nitrogens with zero attached hydrogens (tertiary/aromatic N) is 1. The molecular weight excluding hydrogens is 228 g/mol. The largest absolute Gasteiger partial charge is 0.374 e. The van der Waals surface area contributed by atoms with Gasteiger partial charge in [-0.05, 0) is 19.4 Å². The van der Waals surface area contributed by atoms with Crippen molar-refractivity contribution in [2.75, 3.05) is 26.2 Å². The van der Waals surface area contributed by atoms with Crippen LogP contribution in [0.3, 0.4) is 0 Å². The lowest BCUT2D eigenvalue weighted by molar-refractivity contribution is 0.0306. The number of aliphatic imine (C=N–C) groups is 1. The summed E-state index contributed by atoms with van der Waals surface area (Å²) in [4.78, 5) is 4.35. The monoisotopic (exact) mass is 250 g/mol. The van der Waals surface area contributed by atoms with Gasteiger partial charge >= 0.3 is 0 Å². The van der Waals surface area contributed by atoms with Gasteiger partial charge in [-0.15, -0.1) is 0 Å². The summed E-state index contributed by atoms with van der Waals surface area (Å²) in [5.41, 5.74) is 1.21. The molecule has 1 saturated heterocycles. The Kier molecular flexibility index (Phi) is 4.78. The highest BCUT2D eigenvalue weighted by molar-refractivity contribution is 5.61. The molecule has 0 bridgehead atoms. The van der Waals surface area contributed by atoms with Crippen LogP contribution in [0.5, 0.6) is 0 Å². The minimum Gasteiger partial charge on any atom is -0.374 e. The van der Waals surface area contributed by atoms with E-state index in [1.54, 1.807) is 6.34 Å². The normalized spacial score (nSPS) is 28.6. The van der Waals surface area contributed by atoms with Crippen molar-refractivity contribution >= 4 is 6.34 Å². The molecule has 2 aliphatic heterocycles. The SMILES string of the molecule is C/C=C\C1NC=NC(NC[C@@H]2CNCCO2)=C1C. The van der Waals surface area contributed by atoms with Crippen molar-refractivity contribution in [1.29, 1.82) is 0 Å². The minimum atomic E-state index is 0.226. The van der Waals surface area contributed by atoms with Crippen molar-refractivity contribution in [2.45, 2.75) is 26.0 Å². The first-order valence-electron chi connectivity index (χ1n) is 6.49. The lowest BCUT2D eigenvalue weighted by atomic mass is 10.1. The number of hydrogen-bond acceptors (Lipinski definition) is 5. The summed E-state index contributed by atoms with van der Waals surface area (Å²) in [5, 5.41) is 9.91. The number of nitrogens with one attached hydrogen (secondary N) is 3. The molecule has 100 valence electrons. The Balaban J connectivity index is 1.90. The highest BCUT2D eigenvalue weighted by Gasteiger charge is 2.17. The lowest BCUT2D eigenvalue weighted by Gasteiger charge is -2.26. The molecule has 2 heterocycles. The Bertz CT molecular complexity index is 356. The molecule has 5 heteroatoms. The van der Waals surface area contributed by atoms with Crippen LogP contribution >= 0.6 is 0 Å². The Morgan fingerprint density at radius 3 is 3.22 bits per heavy atom. The van der Waals surface area contributed by atoms with Crippen molar-refractivity contribution in [3.05, 3.63) is 23.5 Å². The lowest BCUT2D eigenvalue weighted by Crippen LogP contribution is -2.44. The fourth-order valence-corrected chi connectivity index (χ4v) is 2.09. The number of morpholine rings is 1. The third-order valence-electron chi connectivity index (χ3n) is 3.17. The van der Waals surface area contributed by atoms with Gasteiger partial charge in [-0.2, -0.15) is 0 Å². The zero-order valence-corrected chi connectivity index (χ0v) is 11.1. The minimum absolute atomic E-state index is 0.226. The van der Waals surface area contributed by atoms with Crippen LogP contribution in [0.2, 0.25) is 0 Å². The fourth-order valence-electron chi connectivity index (χ4n) is 2.09. The third-order valence-corrected chi connectivity index (χ3v) is 3.17. The van der Waals surface area contributed by atoms with E-state index in [0.717, 1.165) is 32.1 Å². The van der Waals surface area contributed by atoms with Crippen LogP contribution in [-0.2, 0) is 4.74 Å². The standard InChI is InChI=1S/C13H22N4O/c1-3-4-12-10(2)13(17-9-16-12)15-8-11-7-14-5-6-18-11/h3-4,9,11-12,14-15H,5-8H2,1-2H3,(H,16,17)/b4-3-/t11-,12?/m0/s1. The Morgan fingerprint density at radius 1 is 1.61 bits per heavy atom. The molecule has 1 unspecified atom stereocenters. The molecule has 0 saturated carbocycles. The predicted molar refractivity (Wildman–Crippen MR) is 73.5 cm³/mol. The predicted octanol–water partition coefficient (Wildman–Crippen LogP) is 0.372. The molecule has 0 radical (unpaired) electrons. The Hall–Kier alpha value is -1.33. The van der Waals surface area contributed by atoms with Crippen LogP contribution in [0.4, 0.5) is 0 Å². The van der Waals surface area contributed by atoms with E-state index in [2.05, 4.69) is 33.9 Å². The van der Waals surface area contributed by atoms with Gasteiger partial charge in [-0.25, -0.2) is 4.99 Å². The molecule has 0 aromatic heterocycles. The van der Waals surface area contributed by atoms with Crippen molar-refractivity contribution in [3.63, 3.8) is 0 Å². The summed E-state index contributed by atoms with van der Waals surface area (Å²) >= 11 is 0. The maximum Gasteiger partial charge on any atom is 0.129 e. The Morgan fingerprint density at radius 2 is 2.50 bits per heavy atom. The summed E-state index contributed by atoms with van der Waals surface area (Å²) in [6.45, 7) is 7.55. The number of hydrogen-bond donors (Lipinski definition) is 3. The average Bonchev–Trinajstić information content (AvgIpc) is 2.41. The van der Waals surface area contributed by atoms with Crippen LogP contribution in [0.25, 0.3) is 0 Å². The molecular formula is C13H22N4O. The summed E-state index contributed by atoms with van der Waals surface area (Å²) < 4.78 is 5.65. The van der Waals surface area contributed by atoms with Crippen LogP contribution in [0.1, 0.15) is 13.8 Å². The van der Waals surface area contributed by atoms with Gasteiger partial charge in [0.25, 0.3) is 0 Å². The molecule has 0 amide bonds. The van der Waals surface area contributed by atoms with Gasteiger partial charge in [0.05, 0.1) is 25.1 Å². The molecule has 0 aromatic carbocycles.